The zero-order chi connectivity index (χ0) is 19.7. The Morgan fingerprint density at radius 1 is 1.11 bits per heavy atom. The molecule has 0 atom stereocenters. The Morgan fingerprint density at radius 2 is 1.89 bits per heavy atom. The van der Waals surface area contributed by atoms with Gasteiger partial charge in [0.2, 0.25) is 0 Å². The van der Waals surface area contributed by atoms with Crippen LogP contribution in [0.1, 0.15) is 21.7 Å². The highest BCUT2D eigenvalue weighted by Crippen LogP contribution is 2.19. The van der Waals surface area contributed by atoms with Crippen LogP contribution in [0.3, 0.4) is 0 Å². The molecule has 0 aliphatic heterocycles. The van der Waals surface area contributed by atoms with Crippen LogP contribution in [0.25, 0.3) is 11.4 Å². The van der Waals surface area contributed by atoms with E-state index >= 15 is 0 Å². The number of carbonyl (C=O) groups excluding carboxylic acids is 1. The summed E-state index contributed by atoms with van der Waals surface area (Å²) in [6.45, 7) is 3.74. The number of benzene rings is 2. The molecule has 28 heavy (non-hydrogen) atoms. The maximum atomic E-state index is 14.3. The van der Waals surface area contributed by atoms with Crippen molar-refractivity contribution in [2.24, 2.45) is 0 Å². The van der Waals surface area contributed by atoms with Gasteiger partial charge in [0.1, 0.15) is 18.3 Å². The van der Waals surface area contributed by atoms with E-state index in [2.05, 4.69) is 25.7 Å². The quantitative estimate of drug-likeness (QED) is 0.591. The highest BCUT2D eigenvalue weighted by Gasteiger charge is 2.18. The predicted molar refractivity (Wildman–Crippen MR) is 100 cm³/mol. The van der Waals surface area contributed by atoms with E-state index in [0.29, 0.717) is 11.4 Å². The summed E-state index contributed by atoms with van der Waals surface area (Å²) in [6, 6.07) is 12.0. The number of hydrogen-bond donors (Lipinski definition) is 1. The van der Waals surface area contributed by atoms with E-state index in [0.717, 1.165) is 11.3 Å². The normalized spacial score (nSPS) is 10.8. The summed E-state index contributed by atoms with van der Waals surface area (Å²) < 4.78 is 17.2. The lowest BCUT2D eigenvalue weighted by atomic mass is 10.2. The second-order valence-corrected chi connectivity index (χ2v) is 6.23. The van der Waals surface area contributed by atoms with Crippen molar-refractivity contribution in [3.05, 3.63) is 77.9 Å². The van der Waals surface area contributed by atoms with Crippen molar-refractivity contribution in [3.8, 4) is 11.4 Å². The molecule has 0 fully saturated rings. The van der Waals surface area contributed by atoms with Crippen LogP contribution in [-0.2, 0) is 0 Å². The van der Waals surface area contributed by atoms with Gasteiger partial charge in [-0.25, -0.2) is 18.7 Å². The average Bonchev–Trinajstić information content (AvgIpc) is 3.33. The number of aryl methyl sites for hydroxylation is 1. The lowest BCUT2D eigenvalue weighted by Gasteiger charge is -2.07. The maximum absolute atomic E-state index is 14.3. The molecule has 0 aliphatic carbocycles. The molecule has 4 rings (SSSR count). The molecule has 140 valence electrons. The summed E-state index contributed by atoms with van der Waals surface area (Å²) in [5.41, 5.74) is 3.21. The fourth-order valence-electron chi connectivity index (χ4n) is 2.76. The SMILES string of the molecule is Cc1ccc(-n2nnc(C(=O)Nc3ccc(-n4cncn4)c(F)c3)c2C)cc1. The molecule has 2 aromatic heterocycles. The first-order chi connectivity index (χ1) is 13.5. The number of nitrogens with zero attached hydrogens (tertiary/aromatic N) is 6. The lowest BCUT2D eigenvalue weighted by Crippen LogP contribution is -2.14. The van der Waals surface area contributed by atoms with E-state index in [9.17, 15) is 9.18 Å². The number of hydrogen-bond acceptors (Lipinski definition) is 5. The van der Waals surface area contributed by atoms with Crippen molar-refractivity contribution in [2.75, 3.05) is 5.32 Å². The minimum atomic E-state index is -0.539. The van der Waals surface area contributed by atoms with Gasteiger partial charge in [0.25, 0.3) is 5.91 Å². The Balaban J connectivity index is 1.56. The van der Waals surface area contributed by atoms with Crippen molar-refractivity contribution in [2.45, 2.75) is 13.8 Å². The average molecular weight is 377 g/mol. The molecule has 8 nitrogen and oxygen atoms in total. The van der Waals surface area contributed by atoms with Crippen LogP contribution in [0.4, 0.5) is 10.1 Å². The Labute approximate surface area is 159 Å². The van der Waals surface area contributed by atoms with E-state index in [1.807, 2.05) is 31.2 Å². The molecule has 0 saturated carbocycles. The maximum Gasteiger partial charge on any atom is 0.278 e. The fraction of sp³-hybridized carbons (Fsp3) is 0.105. The van der Waals surface area contributed by atoms with Crippen LogP contribution in [0.5, 0.6) is 0 Å². The lowest BCUT2D eigenvalue weighted by molar-refractivity contribution is 0.102. The van der Waals surface area contributed by atoms with Gasteiger partial charge < -0.3 is 5.32 Å². The van der Waals surface area contributed by atoms with Crippen LogP contribution < -0.4 is 5.32 Å². The van der Waals surface area contributed by atoms with Crippen molar-refractivity contribution in [1.82, 2.24) is 29.8 Å². The fourth-order valence-corrected chi connectivity index (χ4v) is 2.76. The Bertz CT molecular complexity index is 1130. The van der Waals surface area contributed by atoms with Crippen molar-refractivity contribution < 1.29 is 9.18 Å². The first-order valence-electron chi connectivity index (χ1n) is 8.48. The second kappa shape index (κ2) is 7.03. The Hall–Kier alpha value is -3.88. The second-order valence-electron chi connectivity index (χ2n) is 6.23. The number of amides is 1. The highest BCUT2D eigenvalue weighted by atomic mass is 19.1. The predicted octanol–water partition coefficient (Wildman–Crippen LogP) is 2.86. The topological polar surface area (TPSA) is 90.5 Å². The van der Waals surface area contributed by atoms with Crippen molar-refractivity contribution >= 4 is 11.6 Å². The molecule has 0 bridgehead atoms. The summed E-state index contributed by atoms with van der Waals surface area (Å²) in [7, 11) is 0. The molecular weight excluding hydrogens is 361 g/mol. The third-order valence-corrected chi connectivity index (χ3v) is 4.26. The molecule has 2 heterocycles. The van der Waals surface area contributed by atoms with E-state index in [1.165, 1.54) is 29.5 Å². The van der Waals surface area contributed by atoms with Crippen molar-refractivity contribution in [1.29, 1.82) is 0 Å². The first-order valence-corrected chi connectivity index (χ1v) is 8.48. The third-order valence-electron chi connectivity index (χ3n) is 4.26. The molecule has 0 unspecified atom stereocenters. The minimum absolute atomic E-state index is 0.168. The zero-order valence-electron chi connectivity index (χ0n) is 15.2. The number of halogens is 1. The van der Waals surface area contributed by atoms with E-state index in [1.54, 1.807) is 17.7 Å². The molecule has 0 spiro atoms. The van der Waals surface area contributed by atoms with Gasteiger partial charge >= 0.3 is 0 Å². The van der Waals surface area contributed by atoms with Gasteiger partial charge in [-0.2, -0.15) is 5.10 Å². The van der Waals surface area contributed by atoms with Gasteiger partial charge in [0.15, 0.2) is 11.5 Å². The summed E-state index contributed by atoms with van der Waals surface area (Å²) >= 11 is 0. The highest BCUT2D eigenvalue weighted by molar-refractivity contribution is 6.03. The molecule has 0 radical (unpaired) electrons. The van der Waals surface area contributed by atoms with Crippen LogP contribution in [0.15, 0.2) is 55.1 Å². The summed E-state index contributed by atoms with van der Waals surface area (Å²) in [5.74, 6) is -1.01. The van der Waals surface area contributed by atoms with Gasteiger partial charge in [-0.15, -0.1) is 5.10 Å². The van der Waals surface area contributed by atoms with E-state index in [4.69, 9.17) is 0 Å². The molecule has 2 aromatic carbocycles. The Morgan fingerprint density at radius 3 is 2.57 bits per heavy atom. The van der Waals surface area contributed by atoms with E-state index in [-0.39, 0.29) is 11.4 Å². The monoisotopic (exact) mass is 377 g/mol. The Kier molecular flexibility index (Phi) is 4.40. The third kappa shape index (κ3) is 3.25. The van der Waals surface area contributed by atoms with Gasteiger partial charge in [0, 0.05) is 5.69 Å². The molecule has 0 aliphatic rings. The zero-order valence-corrected chi connectivity index (χ0v) is 15.2. The molecular formula is C19H16FN7O. The van der Waals surface area contributed by atoms with Crippen LogP contribution in [-0.4, -0.2) is 35.7 Å². The van der Waals surface area contributed by atoms with E-state index < -0.39 is 11.7 Å². The summed E-state index contributed by atoms with van der Waals surface area (Å²) in [4.78, 5) is 16.4. The smallest absolute Gasteiger partial charge is 0.278 e. The minimum Gasteiger partial charge on any atom is -0.320 e. The summed E-state index contributed by atoms with van der Waals surface area (Å²) in [6.07, 6.45) is 2.71. The number of anilines is 1. The van der Waals surface area contributed by atoms with Gasteiger partial charge in [0.05, 0.1) is 11.4 Å². The van der Waals surface area contributed by atoms with Gasteiger partial charge in [-0.05, 0) is 44.2 Å². The molecule has 4 aromatic rings. The molecule has 9 heteroatoms. The van der Waals surface area contributed by atoms with Gasteiger partial charge in [-0.1, -0.05) is 22.9 Å². The van der Waals surface area contributed by atoms with Gasteiger partial charge in [-0.3, -0.25) is 4.79 Å². The standard InChI is InChI=1S/C19H16FN7O/c1-12-3-6-15(7-4-12)27-13(2)18(24-25-27)19(28)23-14-5-8-17(16(20)9-14)26-11-21-10-22-26/h3-11H,1-2H3,(H,23,28). The number of nitrogens with one attached hydrogen (secondary N) is 1. The number of aromatic nitrogens is 6. The summed E-state index contributed by atoms with van der Waals surface area (Å²) in [5, 5.41) is 14.6. The van der Waals surface area contributed by atoms with Crippen LogP contribution in [0.2, 0.25) is 0 Å². The first kappa shape index (κ1) is 17.5. The van der Waals surface area contributed by atoms with Crippen LogP contribution in [0, 0.1) is 19.7 Å². The number of carbonyl (C=O) groups is 1. The van der Waals surface area contributed by atoms with Crippen molar-refractivity contribution in [3.63, 3.8) is 0 Å². The number of rotatable bonds is 4. The molecule has 0 saturated heterocycles. The molecule has 1 N–H and O–H groups in total. The molecule has 1 amide bonds. The largest absolute Gasteiger partial charge is 0.320 e. The van der Waals surface area contributed by atoms with Crippen LogP contribution >= 0.6 is 0 Å².